The minimum atomic E-state index is -0.840. The van der Waals surface area contributed by atoms with Crippen LogP contribution in [-0.4, -0.2) is 23.7 Å². The quantitative estimate of drug-likeness (QED) is 0.604. The van der Waals surface area contributed by atoms with Crippen LogP contribution in [0.25, 0.3) is 0 Å². The standard InChI is InChI=1S/C9H16N2O2/c1-3-7(2)8(9(12)13)11-6-4-5-10/h7-8,11H,3-4,6H2,1-2H3,(H,12,13)/t7-,8+/m0/s1. The lowest BCUT2D eigenvalue weighted by atomic mass is 9.99. The fourth-order valence-electron chi connectivity index (χ4n) is 1.05. The van der Waals surface area contributed by atoms with E-state index in [2.05, 4.69) is 5.32 Å². The van der Waals surface area contributed by atoms with E-state index in [-0.39, 0.29) is 5.92 Å². The number of hydrogen-bond donors (Lipinski definition) is 2. The summed E-state index contributed by atoms with van der Waals surface area (Å²) in [6, 6.07) is 1.43. The molecule has 0 heterocycles. The zero-order valence-corrected chi connectivity index (χ0v) is 8.08. The number of nitrogens with one attached hydrogen (secondary N) is 1. The van der Waals surface area contributed by atoms with Crippen molar-refractivity contribution >= 4 is 5.97 Å². The fourth-order valence-corrected chi connectivity index (χ4v) is 1.05. The molecule has 0 aromatic carbocycles. The number of hydrogen-bond acceptors (Lipinski definition) is 3. The van der Waals surface area contributed by atoms with Gasteiger partial charge in [0.05, 0.1) is 6.07 Å². The molecule has 4 heteroatoms. The third-order valence-electron chi connectivity index (χ3n) is 2.08. The van der Waals surface area contributed by atoms with Crippen molar-refractivity contribution in [2.75, 3.05) is 6.54 Å². The summed E-state index contributed by atoms with van der Waals surface area (Å²) in [6.45, 7) is 4.28. The van der Waals surface area contributed by atoms with Gasteiger partial charge in [-0.2, -0.15) is 5.26 Å². The van der Waals surface area contributed by atoms with Crippen LogP contribution in [-0.2, 0) is 4.79 Å². The van der Waals surface area contributed by atoms with E-state index in [4.69, 9.17) is 10.4 Å². The van der Waals surface area contributed by atoms with Crippen LogP contribution in [0.5, 0.6) is 0 Å². The van der Waals surface area contributed by atoms with Gasteiger partial charge in [0.1, 0.15) is 6.04 Å². The second kappa shape index (κ2) is 6.44. The van der Waals surface area contributed by atoms with Crippen molar-refractivity contribution in [3.8, 4) is 6.07 Å². The first-order chi connectivity index (χ1) is 6.13. The van der Waals surface area contributed by atoms with Gasteiger partial charge in [-0.3, -0.25) is 4.79 Å². The normalized spacial score (nSPS) is 14.5. The summed E-state index contributed by atoms with van der Waals surface area (Å²) in [6.07, 6.45) is 1.16. The predicted octanol–water partition coefficient (Wildman–Crippen LogP) is 0.989. The molecule has 0 rings (SSSR count). The number of nitrogens with zero attached hydrogens (tertiary/aromatic N) is 1. The summed E-state index contributed by atoms with van der Waals surface area (Å²) < 4.78 is 0. The van der Waals surface area contributed by atoms with Gasteiger partial charge in [0.2, 0.25) is 0 Å². The van der Waals surface area contributed by atoms with Crippen molar-refractivity contribution in [2.45, 2.75) is 32.7 Å². The summed E-state index contributed by atoms with van der Waals surface area (Å²) in [4.78, 5) is 10.7. The van der Waals surface area contributed by atoms with E-state index in [1.165, 1.54) is 0 Å². The molecule has 0 radical (unpaired) electrons. The highest BCUT2D eigenvalue weighted by molar-refractivity contribution is 5.73. The van der Waals surface area contributed by atoms with Crippen LogP contribution in [0.1, 0.15) is 26.7 Å². The molecule has 2 N–H and O–H groups in total. The highest BCUT2D eigenvalue weighted by Crippen LogP contribution is 2.07. The fraction of sp³-hybridized carbons (Fsp3) is 0.778. The number of carboxylic acid groups (broad SMARTS) is 1. The molecule has 0 unspecified atom stereocenters. The van der Waals surface area contributed by atoms with Gasteiger partial charge in [0.15, 0.2) is 0 Å². The van der Waals surface area contributed by atoms with Gasteiger partial charge >= 0.3 is 5.97 Å². The molecule has 0 aliphatic rings. The monoisotopic (exact) mass is 184 g/mol. The molecular weight excluding hydrogens is 168 g/mol. The lowest BCUT2D eigenvalue weighted by molar-refractivity contribution is -0.140. The second-order valence-corrected chi connectivity index (χ2v) is 3.06. The molecule has 0 amide bonds. The Hall–Kier alpha value is -1.08. The molecule has 0 aliphatic heterocycles. The molecule has 4 nitrogen and oxygen atoms in total. The zero-order valence-electron chi connectivity index (χ0n) is 8.08. The van der Waals surface area contributed by atoms with Gasteiger partial charge in [0, 0.05) is 13.0 Å². The van der Waals surface area contributed by atoms with Gasteiger partial charge < -0.3 is 10.4 Å². The lowest BCUT2D eigenvalue weighted by Gasteiger charge is -2.19. The third-order valence-corrected chi connectivity index (χ3v) is 2.08. The molecule has 13 heavy (non-hydrogen) atoms. The van der Waals surface area contributed by atoms with Crippen molar-refractivity contribution in [2.24, 2.45) is 5.92 Å². The first-order valence-corrected chi connectivity index (χ1v) is 4.46. The van der Waals surface area contributed by atoms with Gasteiger partial charge in [-0.1, -0.05) is 20.3 Å². The SMILES string of the molecule is CC[C@H](C)[C@@H](NCCC#N)C(=O)O. The van der Waals surface area contributed by atoms with Crippen molar-refractivity contribution in [1.82, 2.24) is 5.32 Å². The average molecular weight is 184 g/mol. The smallest absolute Gasteiger partial charge is 0.320 e. The molecular formula is C9H16N2O2. The van der Waals surface area contributed by atoms with E-state index in [0.717, 1.165) is 6.42 Å². The maximum Gasteiger partial charge on any atom is 0.320 e. The summed E-state index contributed by atoms with van der Waals surface area (Å²) >= 11 is 0. The van der Waals surface area contributed by atoms with E-state index >= 15 is 0 Å². The Kier molecular flexibility index (Phi) is 5.90. The average Bonchev–Trinajstić information content (AvgIpc) is 2.11. The largest absolute Gasteiger partial charge is 0.480 e. The van der Waals surface area contributed by atoms with Gasteiger partial charge in [-0.15, -0.1) is 0 Å². The minimum absolute atomic E-state index is 0.0937. The first kappa shape index (κ1) is 11.9. The van der Waals surface area contributed by atoms with Crippen molar-refractivity contribution < 1.29 is 9.90 Å². The Morgan fingerprint density at radius 1 is 1.69 bits per heavy atom. The molecule has 0 aromatic heterocycles. The lowest BCUT2D eigenvalue weighted by Crippen LogP contribution is -2.42. The molecule has 2 atom stereocenters. The van der Waals surface area contributed by atoms with Crippen LogP contribution in [0.4, 0.5) is 0 Å². The van der Waals surface area contributed by atoms with Crippen LogP contribution < -0.4 is 5.32 Å². The second-order valence-electron chi connectivity index (χ2n) is 3.06. The zero-order chi connectivity index (χ0) is 10.3. The first-order valence-electron chi connectivity index (χ1n) is 4.46. The predicted molar refractivity (Wildman–Crippen MR) is 49.1 cm³/mol. The Morgan fingerprint density at radius 2 is 2.31 bits per heavy atom. The van der Waals surface area contributed by atoms with Gasteiger partial charge in [-0.05, 0) is 5.92 Å². The number of aliphatic carboxylic acids is 1. The maximum atomic E-state index is 10.7. The molecule has 0 saturated heterocycles. The molecule has 0 aliphatic carbocycles. The van der Waals surface area contributed by atoms with Crippen LogP contribution >= 0.6 is 0 Å². The van der Waals surface area contributed by atoms with Crippen LogP contribution in [0.15, 0.2) is 0 Å². The van der Waals surface area contributed by atoms with E-state index in [1.54, 1.807) is 0 Å². The van der Waals surface area contributed by atoms with E-state index in [9.17, 15) is 4.79 Å². The molecule has 0 spiro atoms. The van der Waals surface area contributed by atoms with Gasteiger partial charge in [-0.25, -0.2) is 0 Å². The molecule has 0 saturated carbocycles. The summed E-state index contributed by atoms with van der Waals surface area (Å²) in [5.41, 5.74) is 0. The summed E-state index contributed by atoms with van der Waals surface area (Å²) in [5.74, 6) is -0.747. The molecule has 0 fully saturated rings. The molecule has 0 aromatic rings. The van der Waals surface area contributed by atoms with Crippen molar-refractivity contribution in [1.29, 1.82) is 5.26 Å². The Morgan fingerprint density at radius 3 is 2.69 bits per heavy atom. The van der Waals surface area contributed by atoms with E-state index in [1.807, 2.05) is 19.9 Å². The van der Waals surface area contributed by atoms with E-state index in [0.29, 0.717) is 13.0 Å². The third kappa shape index (κ3) is 4.48. The molecule has 74 valence electrons. The van der Waals surface area contributed by atoms with Crippen LogP contribution in [0.3, 0.4) is 0 Å². The van der Waals surface area contributed by atoms with Crippen molar-refractivity contribution in [3.63, 3.8) is 0 Å². The van der Waals surface area contributed by atoms with Crippen LogP contribution in [0, 0.1) is 17.2 Å². The molecule has 0 bridgehead atoms. The summed E-state index contributed by atoms with van der Waals surface area (Å²) in [7, 11) is 0. The van der Waals surface area contributed by atoms with E-state index < -0.39 is 12.0 Å². The Labute approximate surface area is 78.6 Å². The van der Waals surface area contributed by atoms with Gasteiger partial charge in [0.25, 0.3) is 0 Å². The highest BCUT2D eigenvalue weighted by Gasteiger charge is 2.21. The highest BCUT2D eigenvalue weighted by atomic mass is 16.4. The number of carboxylic acids is 1. The topological polar surface area (TPSA) is 73.1 Å². The Bertz CT molecular complexity index is 198. The minimum Gasteiger partial charge on any atom is -0.480 e. The summed E-state index contributed by atoms with van der Waals surface area (Å²) in [5, 5.41) is 20.0. The maximum absolute atomic E-state index is 10.7. The number of nitriles is 1. The number of carbonyl (C=O) groups is 1. The number of rotatable bonds is 6. The van der Waals surface area contributed by atoms with Crippen molar-refractivity contribution in [3.05, 3.63) is 0 Å². The van der Waals surface area contributed by atoms with Crippen LogP contribution in [0.2, 0.25) is 0 Å². The Balaban J connectivity index is 3.96.